The van der Waals surface area contributed by atoms with Crippen LogP contribution in [0.15, 0.2) is 54.6 Å². The van der Waals surface area contributed by atoms with Crippen LogP contribution in [0.5, 0.6) is 0 Å². The van der Waals surface area contributed by atoms with Crippen molar-refractivity contribution in [2.75, 3.05) is 25.6 Å². The Morgan fingerprint density at radius 1 is 1.11 bits per heavy atom. The van der Waals surface area contributed by atoms with Gasteiger partial charge in [-0.1, -0.05) is 36.4 Å². The van der Waals surface area contributed by atoms with Gasteiger partial charge < -0.3 is 14.5 Å². The molecule has 0 N–H and O–H groups in total. The van der Waals surface area contributed by atoms with E-state index in [2.05, 4.69) is 4.74 Å². The van der Waals surface area contributed by atoms with Crippen LogP contribution in [0.4, 0.5) is 5.69 Å². The molecule has 2 amide bonds. The van der Waals surface area contributed by atoms with Crippen molar-refractivity contribution in [1.82, 2.24) is 4.90 Å². The molecule has 27 heavy (non-hydrogen) atoms. The number of likely N-dealkylation sites (N-methyl/N-ethyl adjacent to an activating group) is 1. The van der Waals surface area contributed by atoms with Crippen LogP contribution in [0.2, 0.25) is 0 Å². The van der Waals surface area contributed by atoms with Gasteiger partial charge in [0.05, 0.1) is 24.9 Å². The van der Waals surface area contributed by atoms with Crippen molar-refractivity contribution in [3.05, 3.63) is 71.3 Å². The largest absolute Gasteiger partial charge is 0.466 e. The summed E-state index contributed by atoms with van der Waals surface area (Å²) in [6.07, 6.45) is 3.00. The fourth-order valence-electron chi connectivity index (χ4n) is 3.00. The van der Waals surface area contributed by atoms with Gasteiger partial charge in [0.2, 0.25) is 5.91 Å². The minimum Gasteiger partial charge on any atom is -0.466 e. The first-order valence-corrected chi connectivity index (χ1v) is 8.50. The van der Waals surface area contributed by atoms with Crippen LogP contribution in [0.1, 0.15) is 21.5 Å². The number of amides is 2. The molecule has 0 radical (unpaired) electrons. The minimum atomic E-state index is -0.451. The lowest BCUT2D eigenvalue weighted by atomic mass is 10.1. The number of para-hydroxylation sites is 1. The zero-order chi connectivity index (χ0) is 19.4. The fourth-order valence-corrected chi connectivity index (χ4v) is 3.00. The first-order chi connectivity index (χ1) is 13.0. The molecule has 0 fully saturated rings. The van der Waals surface area contributed by atoms with E-state index in [1.54, 1.807) is 42.3 Å². The van der Waals surface area contributed by atoms with Gasteiger partial charge in [0, 0.05) is 13.1 Å². The SMILES string of the molecule is COC(=O)/C=C/c1ccccc1CN1C(=O)CN(C)C(=O)c2ccccc21. The Hall–Kier alpha value is -3.41. The summed E-state index contributed by atoms with van der Waals surface area (Å²) in [5.74, 6) is -0.795. The summed E-state index contributed by atoms with van der Waals surface area (Å²) in [5.41, 5.74) is 2.74. The molecule has 6 heteroatoms. The third kappa shape index (κ3) is 3.89. The number of hydrogen-bond acceptors (Lipinski definition) is 4. The zero-order valence-electron chi connectivity index (χ0n) is 15.2. The predicted molar refractivity (Wildman–Crippen MR) is 102 cm³/mol. The first-order valence-electron chi connectivity index (χ1n) is 8.50. The third-order valence-corrected chi connectivity index (χ3v) is 4.43. The number of nitrogens with zero attached hydrogens (tertiary/aromatic N) is 2. The maximum absolute atomic E-state index is 12.8. The minimum absolute atomic E-state index is 0.00762. The number of benzene rings is 2. The van der Waals surface area contributed by atoms with E-state index in [0.29, 0.717) is 17.8 Å². The summed E-state index contributed by atoms with van der Waals surface area (Å²) in [6.45, 7) is 0.298. The van der Waals surface area contributed by atoms with Gasteiger partial charge in [0.1, 0.15) is 6.54 Å². The van der Waals surface area contributed by atoms with Crippen LogP contribution in [-0.4, -0.2) is 43.4 Å². The predicted octanol–water partition coefficient (Wildman–Crippen LogP) is 2.49. The number of hydrogen-bond donors (Lipinski definition) is 0. The summed E-state index contributed by atoms with van der Waals surface area (Å²) < 4.78 is 4.63. The summed E-state index contributed by atoms with van der Waals surface area (Å²) in [5, 5.41) is 0. The van der Waals surface area contributed by atoms with Crippen molar-refractivity contribution in [3.63, 3.8) is 0 Å². The topological polar surface area (TPSA) is 66.9 Å². The van der Waals surface area contributed by atoms with Crippen molar-refractivity contribution in [1.29, 1.82) is 0 Å². The van der Waals surface area contributed by atoms with Crippen molar-refractivity contribution in [3.8, 4) is 0 Å². The van der Waals surface area contributed by atoms with E-state index in [9.17, 15) is 14.4 Å². The number of methoxy groups -OCH3 is 1. The molecule has 0 aliphatic carbocycles. The van der Waals surface area contributed by atoms with Crippen molar-refractivity contribution >= 4 is 29.5 Å². The van der Waals surface area contributed by atoms with E-state index < -0.39 is 5.97 Å². The lowest BCUT2D eigenvalue weighted by Gasteiger charge is -2.23. The second kappa shape index (κ2) is 7.86. The maximum Gasteiger partial charge on any atom is 0.330 e. The van der Waals surface area contributed by atoms with Gasteiger partial charge in [-0.3, -0.25) is 9.59 Å². The molecule has 0 aromatic heterocycles. The number of carbonyl (C=O) groups excluding carboxylic acids is 3. The number of esters is 1. The molecule has 0 saturated heterocycles. The number of carbonyl (C=O) groups is 3. The smallest absolute Gasteiger partial charge is 0.330 e. The zero-order valence-corrected chi connectivity index (χ0v) is 15.2. The number of ether oxygens (including phenoxy) is 1. The first kappa shape index (κ1) is 18.4. The average Bonchev–Trinajstić information content (AvgIpc) is 2.77. The van der Waals surface area contributed by atoms with Crippen LogP contribution in [0.3, 0.4) is 0 Å². The van der Waals surface area contributed by atoms with Gasteiger partial charge in [-0.25, -0.2) is 4.79 Å². The Bertz CT molecular complexity index is 920. The monoisotopic (exact) mass is 364 g/mol. The van der Waals surface area contributed by atoms with E-state index in [1.165, 1.54) is 18.1 Å². The van der Waals surface area contributed by atoms with E-state index >= 15 is 0 Å². The molecule has 1 aliphatic heterocycles. The summed E-state index contributed by atoms with van der Waals surface area (Å²) >= 11 is 0. The van der Waals surface area contributed by atoms with E-state index in [0.717, 1.165) is 11.1 Å². The highest BCUT2D eigenvalue weighted by Gasteiger charge is 2.29. The maximum atomic E-state index is 12.8. The second-order valence-corrected chi connectivity index (χ2v) is 6.21. The molecule has 0 spiro atoms. The van der Waals surface area contributed by atoms with Crippen LogP contribution in [0.25, 0.3) is 6.08 Å². The Morgan fingerprint density at radius 2 is 1.81 bits per heavy atom. The molecule has 2 aromatic rings. The van der Waals surface area contributed by atoms with Crippen LogP contribution in [0, 0.1) is 0 Å². The summed E-state index contributed by atoms with van der Waals surface area (Å²) in [4.78, 5) is 39.8. The highest BCUT2D eigenvalue weighted by Crippen LogP contribution is 2.27. The molecule has 0 saturated carbocycles. The quantitative estimate of drug-likeness (QED) is 0.618. The molecule has 2 aromatic carbocycles. The van der Waals surface area contributed by atoms with Crippen LogP contribution in [-0.2, 0) is 20.9 Å². The normalized spacial score (nSPS) is 14.3. The lowest BCUT2D eigenvalue weighted by Crippen LogP contribution is -2.37. The molecule has 1 aliphatic rings. The molecular formula is C21H20N2O4. The molecule has 1 heterocycles. The summed E-state index contributed by atoms with van der Waals surface area (Å²) in [6, 6.07) is 14.6. The molecule has 3 rings (SSSR count). The lowest BCUT2D eigenvalue weighted by molar-refractivity contribution is -0.134. The van der Waals surface area contributed by atoms with Crippen molar-refractivity contribution < 1.29 is 19.1 Å². The van der Waals surface area contributed by atoms with Crippen LogP contribution < -0.4 is 4.90 Å². The van der Waals surface area contributed by atoms with E-state index in [1.807, 2.05) is 24.3 Å². The van der Waals surface area contributed by atoms with Crippen molar-refractivity contribution in [2.45, 2.75) is 6.54 Å². The average molecular weight is 364 g/mol. The summed E-state index contributed by atoms with van der Waals surface area (Å²) in [7, 11) is 2.94. The molecular weight excluding hydrogens is 344 g/mol. The Balaban J connectivity index is 1.99. The Kier molecular flexibility index (Phi) is 5.35. The van der Waals surface area contributed by atoms with Gasteiger partial charge >= 0.3 is 5.97 Å². The second-order valence-electron chi connectivity index (χ2n) is 6.21. The highest BCUT2D eigenvalue weighted by atomic mass is 16.5. The van der Waals surface area contributed by atoms with E-state index in [-0.39, 0.29) is 18.4 Å². The molecule has 0 unspecified atom stereocenters. The standard InChI is InChI=1S/C21H20N2O4/c1-22-14-19(24)23(18-10-6-5-9-17(18)21(22)26)13-16-8-4-3-7-15(16)11-12-20(25)27-2/h3-12H,13-14H2,1-2H3/b12-11+. The van der Waals surface area contributed by atoms with Gasteiger partial charge in [-0.15, -0.1) is 0 Å². The number of rotatable bonds is 4. The Morgan fingerprint density at radius 3 is 2.59 bits per heavy atom. The fraction of sp³-hybridized carbons (Fsp3) is 0.190. The van der Waals surface area contributed by atoms with Crippen LogP contribution >= 0.6 is 0 Å². The van der Waals surface area contributed by atoms with E-state index in [4.69, 9.17) is 0 Å². The van der Waals surface area contributed by atoms with Gasteiger partial charge in [-0.2, -0.15) is 0 Å². The molecule has 0 bridgehead atoms. The van der Waals surface area contributed by atoms with Gasteiger partial charge in [-0.05, 0) is 29.3 Å². The van der Waals surface area contributed by atoms with Gasteiger partial charge in [0.25, 0.3) is 5.91 Å². The molecule has 6 nitrogen and oxygen atoms in total. The third-order valence-electron chi connectivity index (χ3n) is 4.43. The Labute approximate surface area is 157 Å². The van der Waals surface area contributed by atoms with Crippen molar-refractivity contribution in [2.24, 2.45) is 0 Å². The molecule has 138 valence electrons. The molecule has 0 atom stereocenters. The number of fused-ring (bicyclic) bond motifs is 1. The van der Waals surface area contributed by atoms with Gasteiger partial charge in [0.15, 0.2) is 0 Å². The number of anilines is 1. The highest BCUT2D eigenvalue weighted by molar-refractivity contribution is 6.09.